The average molecular weight is 219 g/mol. The first-order valence-corrected chi connectivity index (χ1v) is 4.93. The number of carbonyl (C=O) groups is 1. The number of carboxylic acid groups (broad SMARTS) is 1. The van der Waals surface area contributed by atoms with Crippen molar-refractivity contribution in [3.63, 3.8) is 0 Å². The number of aromatic amines is 1. The van der Waals surface area contributed by atoms with Gasteiger partial charge < -0.3 is 15.8 Å². The monoisotopic (exact) mass is 219 g/mol. The molecule has 0 aliphatic carbocycles. The Morgan fingerprint density at radius 2 is 2.38 bits per heavy atom. The van der Waals surface area contributed by atoms with Crippen LogP contribution in [0.2, 0.25) is 0 Å². The van der Waals surface area contributed by atoms with Crippen LogP contribution in [-0.2, 0) is 11.2 Å². The molecule has 0 aliphatic rings. The molecule has 0 saturated carbocycles. The van der Waals surface area contributed by atoms with Crippen LogP contribution in [0.3, 0.4) is 0 Å². The topological polar surface area (TPSA) is 79.1 Å². The highest BCUT2D eigenvalue weighted by Gasteiger charge is 2.28. The summed E-state index contributed by atoms with van der Waals surface area (Å²) in [7, 11) is 0. The maximum Gasteiger partial charge on any atom is 0.323 e. The van der Waals surface area contributed by atoms with E-state index in [1.54, 1.807) is 6.20 Å². The average Bonchev–Trinajstić information content (AvgIpc) is 2.72. The fraction of sp³-hybridized carbons (Fsp3) is 0.250. The molecular formula is C12H14N2O2. The second kappa shape index (κ2) is 3.64. The molecule has 4 heteroatoms. The molecule has 0 radical (unpaired) electrons. The van der Waals surface area contributed by atoms with Crippen molar-refractivity contribution in [3.8, 4) is 0 Å². The van der Waals surface area contributed by atoms with E-state index >= 15 is 0 Å². The van der Waals surface area contributed by atoms with Crippen molar-refractivity contribution in [1.82, 2.24) is 4.98 Å². The molecular weight excluding hydrogens is 204 g/mol. The number of carboxylic acids is 1. The highest BCUT2D eigenvalue weighted by molar-refractivity contribution is 5.85. The first kappa shape index (κ1) is 9.42. The summed E-state index contributed by atoms with van der Waals surface area (Å²) in [5.74, 6) is -1.14. The highest BCUT2D eigenvalue weighted by Crippen LogP contribution is 2.21. The summed E-state index contributed by atoms with van der Waals surface area (Å²) in [5, 5.41) is 10.0. The van der Waals surface area contributed by atoms with Gasteiger partial charge in [0, 0.05) is 24.9 Å². The predicted molar refractivity (Wildman–Crippen MR) is 62.2 cm³/mol. The molecule has 0 fully saturated rings. The third-order valence-electron chi connectivity index (χ3n) is 2.61. The van der Waals surface area contributed by atoms with Crippen molar-refractivity contribution in [2.75, 3.05) is 0 Å². The van der Waals surface area contributed by atoms with Crippen molar-refractivity contribution in [2.24, 2.45) is 5.73 Å². The zero-order valence-corrected chi connectivity index (χ0v) is 8.73. The molecule has 0 saturated heterocycles. The minimum absolute atomic E-state index is 0.149. The number of benzene rings is 1. The quantitative estimate of drug-likeness (QED) is 0.732. The maximum atomic E-state index is 11.1. The summed E-state index contributed by atoms with van der Waals surface area (Å²) in [5.41, 5.74) is 5.97. The molecule has 4 nitrogen and oxygen atoms in total. The van der Waals surface area contributed by atoms with E-state index in [1.807, 2.05) is 24.3 Å². The largest absolute Gasteiger partial charge is 0.480 e. The number of para-hydroxylation sites is 1. The Labute approximate surface area is 94.5 Å². The molecule has 2 rings (SSSR count). The molecule has 4 N–H and O–H groups in total. The van der Waals surface area contributed by atoms with Crippen molar-refractivity contribution in [3.05, 3.63) is 36.0 Å². The van der Waals surface area contributed by atoms with Crippen LogP contribution in [0.5, 0.6) is 0 Å². The molecule has 0 amide bonds. The number of nitrogens with two attached hydrogens (primary N) is 1. The van der Waals surface area contributed by atoms with Gasteiger partial charge in [-0.2, -0.15) is 0 Å². The number of fused-ring (bicyclic) bond motifs is 1. The fourth-order valence-electron chi connectivity index (χ4n) is 1.69. The van der Waals surface area contributed by atoms with Gasteiger partial charge in [-0.25, -0.2) is 0 Å². The minimum atomic E-state index is -1.52. The van der Waals surface area contributed by atoms with Crippen LogP contribution in [0.15, 0.2) is 30.5 Å². The van der Waals surface area contributed by atoms with Gasteiger partial charge in [-0.1, -0.05) is 18.2 Å². The van der Waals surface area contributed by atoms with Gasteiger partial charge >= 0.3 is 5.97 Å². The Hall–Kier alpha value is -1.81. The third kappa shape index (κ3) is 1.79. The SMILES string of the molecule is [2H]C[C@](N)(Cc1c[nH]c2ccccc12)C(=O)O. The highest BCUT2D eigenvalue weighted by atomic mass is 16.4. The zero-order valence-electron chi connectivity index (χ0n) is 9.73. The normalized spacial score (nSPS) is 15.7. The van der Waals surface area contributed by atoms with E-state index in [4.69, 9.17) is 12.2 Å². The lowest BCUT2D eigenvalue weighted by atomic mass is 9.94. The Bertz CT molecular complexity index is 552. The van der Waals surface area contributed by atoms with Gasteiger partial charge in [0.25, 0.3) is 0 Å². The lowest BCUT2D eigenvalue weighted by molar-refractivity contribution is -0.142. The van der Waals surface area contributed by atoms with Crippen LogP contribution in [-0.4, -0.2) is 21.6 Å². The number of aromatic nitrogens is 1. The van der Waals surface area contributed by atoms with Crippen LogP contribution in [0.25, 0.3) is 10.9 Å². The van der Waals surface area contributed by atoms with Gasteiger partial charge in [0.1, 0.15) is 5.54 Å². The second-order valence-electron chi connectivity index (χ2n) is 4.00. The van der Waals surface area contributed by atoms with E-state index in [0.717, 1.165) is 16.5 Å². The minimum Gasteiger partial charge on any atom is -0.480 e. The van der Waals surface area contributed by atoms with Gasteiger partial charge in [0.15, 0.2) is 0 Å². The standard InChI is InChI=1S/C12H14N2O2/c1-12(13,11(15)16)6-8-7-14-10-5-3-2-4-9(8)10/h2-5,7,14H,6,13H2,1H3,(H,15,16)/t12-/m0/s1/i1D. The van der Waals surface area contributed by atoms with Crippen LogP contribution < -0.4 is 5.73 Å². The number of hydrogen-bond acceptors (Lipinski definition) is 2. The number of H-pyrrole nitrogens is 1. The summed E-state index contributed by atoms with van der Waals surface area (Å²) in [4.78, 5) is 14.1. The Kier molecular flexibility index (Phi) is 2.15. The van der Waals surface area contributed by atoms with Gasteiger partial charge in [0.05, 0.1) is 0 Å². The molecule has 1 aromatic heterocycles. The van der Waals surface area contributed by atoms with E-state index in [2.05, 4.69) is 4.98 Å². The first-order chi connectivity index (χ1) is 8.07. The molecule has 0 unspecified atom stereocenters. The molecule has 1 aromatic carbocycles. The molecule has 0 bridgehead atoms. The number of rotatable bonds is 3. The van der Waals surface area contributed by atoms with Crippen molar-refractivity contribution in [2.45, 2.75) is 18.9 Å². The van der Waals surface area contributed by atoms with E-state index < -0.39 is 11.5 Å². The molecule has 1 heterocycles. The summed E-state index contributed by atoms with van der Waals surface area (Å²) >= 11 is 0. The molecule has 84 valence electrons. The predicted octanol–water partition coefficient (Wildman–Crippen LogP) is 1.51. The Balaban J connectivity index is 2.38. The van der Waals surface area contributed by atoms with Crippen molar-refractivity contribution >= 4 is 16.9 Å². The number of hydrogen-bond donors (Lipinski definition) is 3. The summed E-state index contributed by atoms with van der Waals surface area (Å²) in [6, 6.07) is 7.62. The van der Waals surface area contributed by atoms with Crippen LogP contribution in [0, 0.1) is 0 Å². The van der Waals surface area contributed by atoms with E-state index in [-0.39, 0.29) is 13.3 Å². The van der Waals surface area contributed by atoms with Crippen molar-refractivity contribution in [1.29, 1.82) is 0 Å². The third-order valence-corrected chi connectivity index (χ3v) is 2.61. The zero-order chi connectivity index (χ0) is 12.5. The van der Waals surface area contributed by atoms with Gasteiger partial charge in [-0.05, 0) is 18.5 Å². The second-order valence-corrected chi connectivity index (χ2v) is 4.00. The summed E-state index contributed by atoms with van der Waals surface area (Å²) < 4.78 is 7.28. The maximum absolute atomic E-state index is 11.1. The lowest BCUT2D eigenvalue weighted by Gasteiger charge is -2.18. The number of aliphatic carboxylic acids is 1. The number of nitrogens with one attached hydrogen (secondary N) is 1. The van der Waals surface area contributed by atoms with Crippen LogP contribution in [0.4, 0.5) is 0 Å². The van der Waals surface area contributed by atoms with Gasteiger partial charge in [0.2, 0.25) is 0 Å². The first-order valence-electron chi connectivity index (χ1n) is 5.64. The molecule has 2 aromatic rings. The van der Waals surface area contributed by atoms with Crippen LogP contribution >= 0.6 is 0 Å². The van der Waals surface area contributed by atoms with Crippen LogP contribution in [0.1, 0.15) is 13.8 Å². The molecule has 0 aliphatic heterocycles. The summed E-state index contributed by atoms with van der Waals surface area (Å²) in [6.45, 7) is -0.345. The van der Waals surface area contributed by atoms with Gasteiger partial charge in [-0.15, -0.1) is 0 Å². The molecule has 16 heavy (non-hydrogen) atoms. The van der Waals surface area contributed by atoms with E-state index in [9.17, 15) is 4.79 Å². The Morgan fingerprint density at radius 1 is 1.62 bits per heavy atom. The molecule has 0 spiro atoms. The van der Waals surface area contributed by atoms with E-state index in [0.29, 0.717) is 0 Å². The summed E-state index contributed by atoms with van der Waals surface area (Å²) in [6.07, 6.45) is 1.90. The fourth-order valence-corrected chi connectivity index (χ4v) is 1.69. The molecule has 1 atom stereocenters. The van der Waals surface area contributed by atoms with Gasteiger partial charge in [-0.3, -0.25) is 4.79 Å². The lowest BCUT2D eigenvalue weighted by Crippen LogP contribution is -2.46. The van der Waals surface area contributed by atoms with E-state index in [1.165, 1.54) is 0 Å². The Morgan fingerprint density at radius 3 is 3.06 bits per heavy atom. The smallest absolute Gasteiger partial charge is 0.323 e. The van der Waals surface area contributed by atoms with Crippen molar-refractivity contribution < 1.29 is 11.3 Å².